The van der Waals surface area contributed by atoms with Crippen molar-refractivity contribution in [3.63, 3.8) is 0 Å². The Kier molecular flexibility index (Phi) is 7.70. The zero-order chi connectivity index (χ0) is 28.4. The normalized spacial score (nSPS) is 15.2. The number of nitrogens with one attached hydrogen (secondary N) is 3. The third kappa shape index (κ3) is 6.97. The second-order valence-corrected chi connectivity index (χ2v) is 10.6. The van der Waals surface area contributed by atoms with E-state index in [0.717, 1.165) is 17.9 Å². The van der Waals surface area contributed by atoms with Gasteiger partial charge < -0.3 is 26.4 Å². The molecule has 2 aromatic carbocycles. The van der Waals surface area contributed by atoms with Crippen molar-refractivity contribution in [2.75, 3.05) is 17.3 Å². The van der Waals surface area contributed by atoms with Crippen LogP contribution in [0.5, 0.6) is 5.75 Å². The molecule has 0 spiro atoms. The number of pyridine rings is 1. The van der Waals surface area contributed by atoms with Crippen LogP contribution in [0.25, 0.3) is 11.1 Å². The van der Waals surface area contributed by atoms with Gasteiger partial charge in [0.2, 0.25) is 0 Å². The maximum atomic E-state index is 13.1. The molecule has 1 aromatic heterocycles. The molecule has 2 heterocycles. The summed E-state index contributed by atoms with van der Waals surface area (Å²) in [6, 6.07) is 9.56. The molecule has 0 bridgehead atoms. The quantitative estimate of drug-likeness (QED) is 0.338. The number of allylic oxidation sites excluding steroid dienone is 1. The number of urea groups is 1. The van der Waals surface area contributed by atoms with E-state index in [1.165, 1.54) is 18.6 Å². The summed E-state index contributed by atoms with van der Waals surface area (Å²) >= 11 is 5.99. The van der Waals surface area contributed by atoms with Gasteiger partial charge in [-0.15, -0.1) is 0 Å². The lowest BCUT2D eigenvalue weighted by Gasteiger charge is -2.20. The van der Waals surface area contributed by atoms with Crippen molar-refractivity contribution in [3.8, 4) is 16.9 Å². The molecule has 0 fully saturated rings. The SMILES string of the molecule is CS(=O)(=O)c1ccc(C(F)(F)F)cc1NC(=O)NC1=CNC(Oc2ccc(-c3cc(Cl)cnc3N)cc2)N=C1. The number of benzene rings is 2. The number of rotatable bonds is 6. The summed E-state index contributed by atoms with van der Waals surface area (Å²) in [6.07, 6.45) is -0.701. The molecule has 3 aromatic rings. The number of sulfone groups is 1. The molecule has 0 saturated carbocycles. The van der Waals surface area contributed by atoms with E-state index in [4.69, 9.17) is 22.1 Å². The number of hydrogen-bond acceptors (Lipinski definition) is 8. The van der Waals surface area contributed by atoms with Crippen LogP contribution in [-0.4, -0.2) is 38.3 Å². The summed E-state index contributed by atoms with van der Waals surface area (Å²) in [4.78, 5) is 20.1. The van der Waals surface area contributed by atoms with E-state index in [1.807, 2.05) is 0 Å². The molecule has 0 saturated heterocycles. The molecule has 204 valence electrons. The standard InChI is InChI=1S/C24H20ClF3N6O4S/c1-39(36,37)20-7-4-14(24(26,27)28)8-19(20)34-22(35)33-16-11-31-23(32-12-16)38-17-5-2-13(3-6-17)18-9-15(25)10-30-21(18)29/h2-12,23,31H,1H3,(H2,29,30)(H2,33,34,35). The Morgan fingerprint density at radius 1 is 1.13 bits per heavy atom. The number of ether oxygens (including phenoxy) is 1. The van der Waals surface area contributed by atoms with Crippen LogP contribution in [0.15, 0.2) is 76.5 Å². The van der Waals surface area contributed by atoms with Gasteiger partial charge in [0, 0.05) is 24.2 Å². The molecule has 1 aliphatic rings. The summed E-state index contributed by atoms with van der Waals surface area (Å²) in [6.45, 7) is 0. The number of carbonyl (C=O) groups is 1. The number of alkyl halides is 3. The number of halogens is 4. The maximum Gasteiger partial charge on any atom is 0.416 e. The molecule has 39 heavy (non-hydrogen) atoms. The van der Waals surface area contributed by atoms with Gasteiger partial charge in [0.25, 0.3) is 6.35 Å². The van der Waals surface area contributed by atoms with Crippen LogP contribution in [-0.2, 0) is 16.0 Å². The first-order valence-corrected chi connectivity index (χ1v) is 13.2. The third-order valence-electron chi connectivity index (χ3n) is 5.24. The number of nitrogen functional groups attached to an aromatic ring is 1. The number of aromatic nitrogens is 1. The van der Waals surface area contributed by atoms with Crippen molar-refractivity contribution in [2.45, 2.75) is 17.4 Å². The number of hydrogen-bond donors (Lipinski definition) is 4. The minimum Gasteiger partial charge on any atom is -0.451 e. The van der Waals surface area contributed by atoms with Gasteiger partial charge in [-0.3, -0.25) is 0 Å². The topological polar surface area (TPSA) is 148 Å². The Morgan fingerprint density at radius 3 is 2.46 bits per heavy atom. The molecule has 1 atom stereocenters. The zero-order valence-electron chi connectivity index (χ0n) is 20.0. The van der Waals surface area contributed by atoms with Crippen LogP contribution in [0.2, 0.25) is 5.02 Å². The average molecular weight is 581 g/mol. The fourth-order valence-corrected chi connectivity index (χ4v) is 4.44. The predicted octanol–water partition coefficient (Wildman–Crippen LogP) is 4.41. The number of nitrogens with zero attached hydrogens (tertiary/aromatic N) is 2. The summed E-state index contributed by atoms with van der Waals surface area (Å²) in [5.41, 5.74) is 5.83. The smallest absolute Gasteiger partial charge is 0.416 e. The second-order valence-electron chi connectivity index (χ2n) is 8.19. The zero-order valence-corrected chi connectivity index (χ0v) is 21.5. The highest BCUT2D eigenvalue weighted by molar-refractivity contribution is 7.90. The van der Waals surface area contributed by atoms with Crippen LogP contribution in [0.1, 0.15) is 5.56 Å². The fraction of sp³-hybridized carbons (Fsp3) is 0.125. The second kappa shape index (κ2) is 10.8. The van der Waals surface area contributed by atoms with Crippen molar-refractivity contribution in [3.05, 3.63) is 77.2 Å². The van der Waals surface area contributed by atoms with Gasteiger partial charge in [-0.1, -0.05) is 23.7 Å². The Hall–Kier alpha value is -4.30. The van der Waals surface area contributed by atoms with Crippen molar-refractivity contribution >= 4 is 45.2 Å². The Bertz CT molecular complexity index is 1580. The highest BCUT2D eigenvalue weighted by atomic mass is 35.5. The first-order valence-electron chi connectivity index (χ1n) is 11.0. The predicted molar refractivity (Wildman–Crippen MR) is 140 cm³/mol. The molecule has 2 amide bonds. The van der Waals surface area contributed by atoms with Crippen LogP contribution >= 0.6 is 11.6 Å². The fourth-order valence-electron chi connectivity index (χ4n) is 3.46. The molecule has 5 N–H and O–H groups in total. The average Bonchev–Trinajstić information content (AvgIpc) is 2.86. The van der Waals surface area contributed by atoms with Crippen molar-refractivity contribution in [1.29, 1.82) is 0 Å². The molecular formula is C24H20ClF3N6O4S. The first kappa shape index (κ1) is 27.7. The van der Waals surface area contributed by atoms with E-state index < -0.39 is 44.5 Å². The van der Waals surface area contributed by atoms with Crippen molar-refractivity contribution < 1.29 is 31.1 Å². The summed E-state index contributed by atoms with van der Waals surface area (Å²) in [7, 11) is -3.93. The largest absolute Gasteiger partial charge is 0.451 e. The molecule has 10 nitrogen and oxygen atoms in total. The van der Waals surface area contributed by atoms with Crippen LogP contribution in [0.4, 0.5) is 29.5 Å². The van der Waals surface area contributed by atoms with Crippen LogP contribution in [0, 0.1) is 0 Å². The molecule has 1 aliphatic heterocycles. The highest BCUT2D eigenvalue weighted by Gasteiger charge is 2.32. The minimum atomic E-state index is -4.74. The first-order chi connectivity index (χ1) is 18.3. The number of carbonyl (C=O) groups excluding carboxylic acids is 1. The van der Waals surface area contributed by atoms with Gasteiger partial charge in [-0.25, -0.2) is 23.2 Å². The van der Waals surface area contributed by atoms with E-state index in [-0.39, 0.29) is 5.70 Å². The van der Waals surface area contributed by atoms with Gasteiger partial charge in [0.1, 0.15) is 11.6 Å². The lowest BCUT2D eigenvalue weighted by Crippen LogP contribution is -2.37. The van der Waals surface area contributed by atoms with E-state index in [0.29, 0.717) is 34.3 Å². The third-order valence-corrected chi connectivity index (χ3v) is 6.60. The monoisotopic (exact) mass is 580 g/mol. The lowest BCUT2D eigenvalue weighted by atomic mass is 10.1. The van der Waals surface area contributed by atoms with Gasteiger partial charge in [0.15, 0.2) is 9.84 Å². The number of nitrogens with two attached hydrogens (primary N) is 1. The number of amides is 2. The van der Waals surface area contributed by atoms with E-state index in [2.05, 4.69) is 25.9 Å². The summed E-state index contributed by atoms with van der Waals surface area (Å²) in [5, 5.41) is 7.74. The minimum absolute atomic E-state index is 0.138. The molecule has 0 aliphatic carbocycles. The van der Waals surface area contributed by atoms with Gasteiger partial charge in [-0.2, -0.15) is 13.2 Å². The molecule has 1 unspecified atom stereocenters. The van der Waals surface area contributed by atoms with E-state index in [9.17, 15) is 26.4 Å². The van der Waals surface area contributed by atoms with E-state index >= 15 is 0 Å². The van der Waals surface area contributed by atoms with Gasteiger partial charge in [0.05, 0.1) is 33.1 Å². The summed E-state index contributed by atoms with van der Waals surface area (Å²) < 4.78 is 68.9. The Morgan fingerprint density at radius 2 is 1.85 bits per heavy atom. The molecule has 4 rings (SSSR count). The van der Waals surface area contributed by atoms with E-state index in [1.54, 1.807) is 30.3 Å². The molecule has 0 radical (unpaired) electrons. The van der Waals surface area contributed by atoms with Crippen molar-refractivity contribution in [1.82, 2.24) is 15.6 Å². The number of aliphatic imine (C=N–C) groups is 1. The lowest BCUT2D eigenvalue weighted by molar-refractivity contribution is -0.137. The highest BCUT2D eigenvalue weighted by Crippen LogP contribution is 2.34. The Labute approximate surface area is 225 Å². The number of anilines is 2. The maximum absolute atomic E-state index is 13.1. The Balaban J connectivity index is 1.37. The van der Waals surface area contributed by atoms with Crippen molar-refractivity contribution in [2.24, 2.45) is 4.99 Å². The molecule has 15 heteroatoms. The van der Waals surface area contributed by atoms with Gasteiger partial charge >= 0.3 is 12.2 Å². The van der Waals surface area contributed by atoms with Gasteiger partial charge in [-0.05, 0) is 42.0 Å². The van der Waals surface area contributed by atoms with Crippen LogP contribution < -0.4 is 26.4 Å². The van der Waals surface area contributed by atoms with Crippen LogP contribution in [0.3, 0.4) is 0 Å². The molecular weight excluding hydrogens is 561 g/mol. The summed E-state index contributed by atoms with van der Waals surface area (Å²) in [5.74, 6) is 0.781.